The lowest BCUT2D eigenvalue weighted by Gasteiger charge is -2.38. The Morgan fingerprint density at radius 2 is 1.94 bits per heavy atom. The topological polar surface area (TPSA) is 103 Å². The summed E-state index contributed by atoms with van der Waals surface area (Å²) in [4.78, 5) is 33.0. The van der Waals surface area contributed by atoms with E-state index in [4.69, 9.17) is 19.2 Å². The van der Waals surface area contributed by atoms with E-state index in [0.29, 0.717) is 23.6 Å². The summed E-state index contributed by atoms with van der Waals surface area (Å²) in [6.45, 7) is 4.53. The van der Waals surface area contributed by atoms with Gasteiger partial charge in [-0.15, -0.1) is 0 Å². The first-order valence-electron chi connectivity index (χ1n) is 10.9. The molecule has 9 heteroatoms. The first-order chi connectivity index (χ1) is 16.0. The molecule has 1 amide bonds. The number of para-hydroxylation sites is 2. The molecule has 174 valence electrons. The van der Waals surface area contributed by atoms with Crippen LogP contribution in [0.15, 0.2) is 42.5 Å². The van der Waals surface area contributed by atoms with Gasteiger partial charge in [0.1, 0.15) is 0 Å². The van der Waals surface area contributed by atoms with E-state index in [1.807, 2.05) is 35.8 Å². The smallest absolute Gasteiger partial charge is 0.321 e. The normalized spacial score (nSPS) is 17.8. The van der Waals surface area contributed by atoms with Crippen molar-refractivity contribution in [2.45, 2.75) is 19.9 Å². The third-order valence-corrected chi connectivity index (χ3v) is 5.63. The molecule has 2 atom stereocenters. The number of nitrogens with zero attached hydrogens (tertiary/aromatic N) is 3. The highest BCUT2D eigenvalue weighted by Crippen LogP contribution is 2.43. The number of ether oxygens (including phenoxy) is 3. The van der Waals surface area contributed by atoms with Crippen LogP contribution in [0.2, 0.25) is 0 Å². The molecule has 2 aromatic carbocycles. The molecule has 0 bridgehead atoms. The minimum Gasteiger partial charge on any atom is -0.504 e. The predicted octanol–water partition coefficient (Wildman–Crippen LogP) is 2.90. The molecule has 0 aliphatic carbocycles. The molecule has 9 nitrogen and oxygen atoms in total. The van der Waals surface area contributed by atoms with Crippen molar-refractivity contribution in [1.82, 2.24) is 9.55 Å². The number of imidazole rings is 1. The molecule has 1 aliphatic heterocycles. The number of amides is 1. The Morgan fingerprint density at radius 3 is 2.67 bits per heavy atom. The summed E-state index contributed by atoms with van der Waals surface area (Å²) >= 11 is 0. The maximum Gasteiger partial charge on any atom is 0.321 e. The number of hydrogen-bond acceptors (Lipinski definition) is 7. The van der Waals surface area contributed by atoms with Crippen LogP contribution in [0.5, 0.6) is 11.5 Å². The highest BCUT2D eigenvalue weighted by atomic mass is 16.5. The first-order valence-corrected chi connectivity index (χ1v) is 10.9. The lowest BCUT2D eigenvalue weighted by atomic mass is 9.89. The molecule has 0 fully saturated rings. The van der Waals surface area contributed by atoms with Crippen molar-refractivity contribution in [3.8, 4) is 11.5 Å². The minimum atomic E-state index is -1.15. The third kappa shape index (κ3) is 4.00. The molecule has 0 saturated heterocycles. The second kappa shape index (κ2) is 9.50. The summed E-state index contributed by atoms with van der Waals surface area (Å²) in [7, 11) is 1.55. The van der Waals surface area contributed by atoms with Crippen molar-refractivity contribution in [2.24, 2.45) is 5.92 Å². The van der Waals surface area contributed by atoms with E-state index in [9.17, 15) is 14.7 Å². The van der Waals surface area contributed by atoms with Crippen LogP contribution in [0.25, 0.3) is 11.0 Å². The van der Waals surface area contributed by atoms with E-state index in [1.165, 1.54) is 11.0 Å². The van der Waals surface area contributed by atoms with Crippen LogP contribution in [-0.2, 0) is 19.1 Å². The number of carbonyl (C=O) groups is 2. The molecule has 0 unspecified atom stereocenters. The van der Waals surface area contributed by atoms with E-state index in [-0.39, 0.29) is 31.3 Å². The summed E-state index contributed by atoms with van der Waals surface area (Å²) in [5, 5.41) is 10.2. The molecule has 0 saturated carbocycles. The van der Waals surface area contributed by atoms with Gasteiger partial charge in [0.15, 0.2) is 17.4 Å². The third-order valence-electron chi connectivity index (χ3n) is 5.63. The van der Waals surface area contributed by atoms with E-state index >= 15 is 0 Å². The van der Waals surface area contributed by atoms with Crippen molar-refractivity contribution >= 4 is 28.9 Å². The second-order valence-corrected chi connectivity index (χ2v) is 7.59. The number of fused-ring (bicyclic) bond motifs is 3. The van der Waals surface area contributed by atoms with Crippen LogP contribution in [0.3, 0.4) is 0 Å². The quantitative estimate of drug-likeness (QED) is 0.413. The zero-order valence-corrected chi connectivity index (χ0v) is 18.9. The molecule has 2 heterocycles. The van der Waals surface area contributed by atoms with Crippen molar-refractivity contribution in [1.29, 1.82) is 0 Å². The number of aromatic nitrogens is 2. The molecule has 4 rings (SSSR count). The molecule has 3 aromatic rings. The minimum absolute atomic E-state index is 0.0205. The second-order valence-electron chi connectivity index (χ2n) is 7.59. The Hall–Kier alpha value is -3.59. The molecular formula is C24H27N3O6. The number of hydrogen-bond donors (Lipinski definition) is 1. The molecule has 0 spiro atoms. The van der Waals surface area contributed by atoms with Crippen molar-refractivity contribution in [3.05, 3.63) is 48.0 Å². The monoisotopic (exact) mass is 453 g/mol. The van der Waals surface area contributed by atoms with E-state index in [0.717, 1.165) is 5.52 Å². The Labute approximate surface area is 191 Å². The fourth-order valence-corrected chi connectivity index (χ4v) is 4.23. The van der Waals surface area contributed by atoms with E-state index in [1.54, 1.807) is 26.2 Å². The van der Waals surface area contributed by atoms with Gasteiger partial charge in [-0.3, -0.25) is 14.5 Å². The number of esters is 1. The fraction of sp³-hybridized carbons (Fsp3) is 0.375. The Kier molecular flexibility index (Phi) is 6.50. The van der Waals surface area contributed by atoms with Gasteiger partial charge < -0.3 is 23.9 Å². The lowest BCUT2D eigenvalue weighted by Crippen LogP contribution is -2.51. The van der Waals surface area contributed by atoms with Crippen LogP contribution in [0.4, 0.5) is 5.95 Å². The summed E-state index contributed by atoms with van der Waals surface area (Å²) < 4.78 is 18.0. The zero-order valence-electron chi connectivity index (χ0n) is 18.9. The van der Waals surface area contributed by atoms with Gasteiger partial charge >= 0.3 is 5.97 Å². The largest absolute Gasteiger partial charge is 0.504 e. The standard InChI is InChI=1S/C24H27N3O6/c1-4-32-19-14-15(10-11-18(19)28)21-20(23(30)33-5-2)22(29)26(12-13-31-3)24-25-16-8-6-7-9-17(16)27(21)24/h6-11,14,20-21,28H,4-5,12-13H2,1-3H3/t20-,21-/m0/s1. The molecule has 1 N–H and O–H groups in total. The Morgan fingerprint density at radius 1 is 1.15 bits per heavy atom. The number of methoxy groups -OCH3 is 1. The summed E-state index contributed by atoms with van der Waals surface area (Å²) in [5.41, 5.74) is 2.09. The van der Waals surface area contributed by atoms with Crippen molar-refractivity contribution in [2.75, 3.05) is 38.4 Å². The van der Waals surface area contributed by atoms with Gasteiger partial charge in [-0.05, 0) is 43.7 Å². The number of phenolic OH excluding ortho intramolecular Hbond substituents is 1. The fourth-order valence-electron chi connectivity index (χ4n) is 4.23. The highest BCUT2D eigenvalue weighted by Gasteiger charge is 2.47. The number of phenols is 1. The van der Waals surface area contributed by atoms with Crippen LogP contribution in [0, 0.1) is 5.92 Å². The maximum absolute atomic E-state index is 13.7. The van der Waals surface area contributed by atoms with Crippen molar-refractivity contribution in [3.63, 3.8) is 0 Å². The highest BCUT2D eigenvalue weighted by molar-refractivity contribution is 6.08. The average molecular weight is 453 g/mol. The maximum atomic E-state index is 13.7. The molecule has 33 heavy (non-hydrogen) atoms. The van der Waals surface area contributed by atoms with Gasteiger partial charge in [-0.25, -0.2) is 4.98 Å². The number of carbonyl (C=O) groups excluding carboxylic acids is 2. The lowest BCUT2D eigenvalue weighted by molar-refractivity contribution is -0.153. The molecular weight excluding hydrogens is 426 g/mol. The Bertz CT molecular complexity index is 1170. The predicted molar refractivity (Wildman–Crippen MR) is 121 cm³/mol. The van der Waals surface area contributed by atoms with Gasteiger partial charge in [0.05, 0.1) is 43.4 Å². The summed E-state index contributed by atoms with van der Waals surface area (Å²) in [5.74, 6) is -1.50. The van der Waals surface area contributed by atoms with Gasteiger partial charge in [-0.2, -0.15) is 0 Å². The average Bonchev–Trinajstić information content (AvgIpc) is 3.19. The van der Waals surface area contributed by atoms with Gasteiger partial charge in [0.2, 0.25) is 11.9 Å². The molecule has 0 radical (unpaired) electrons. The number of aromatic hydroxyl groups is 1. The zero-order chi connectivity index (χ0) is 23.5. The van der Waals surface area contributed by atoms with Crippen LogP contribution < -0.4 is 9.64 Å². The van der Waals surface area contributed by atoms with Crippen LogP contribution >= 0.6 is 0 Å². The van der Waals surface area contributed by atoms with Crippen molar-refractivity contribution < 1.29 is 28.9 Å². The van der Waals surface area contributed by atoms with E-state index in [2.05, 4.69) is 0 Å². The first kappa shape index (κ1) is 22.6. The molecule has 1 aromatic heterocycles. The number of benzene rings is 2. The summed E-state index contributed by atoms with van der Waals surface area (Å²) in [6, 6.07) is 11.6. The van der Waals surface area contributed by atoms with Crippen LogP contribution in [-0.4, -0.2) is 60.0 Å². The Balaban J connectivity index is 1.98. The van der Waals surface area contributed by atoms with E-state index < -0.39 is 23.8 Å². The van der Waals surface area contributed by atoms with Gasteiger partial charge in [0.25, 0.3) is 0 Å². The molecule has 1 aliphatic rings. The van der Waals surface area contributed by atoms with Crippen LogP contribution in [0.1, 0.15) is 25.5 Å². The van der Waals surface area contributed by atoms with Gasteiger partial charge in [0, 0.05) is 7.11 Å². The number of rotatable bonds is 8. The SMILES string of the molecule is CCOC(=O)[C@@H]1C(=O)N(CCOC)c2nc3ccccc3n2[C@H]1c1ccc(O)c(OCC)c1. The summed E-state index contributed by atoms with van der Waals surface area (Å²) in [6.07, 6.45) is 0. The number of anilines is 1. The van der Waals surface area contributed by atoms with Gasteiger partial charge in [-0.1, -0.05) is 18.2 Å².